The van der Waals surface area contributed by atoms with Gasteiger partial charge in [-0.25, -0.2) is 14.6 Å². The first-order valence-corrected chi connectivity index (χ1v) is 19.5. The Morgan fingerprint density at radius 3 is 2.55 bits per heavy atom. The smallest absolute Gasteiger partial charge is 0.234 e. The number of amides is 2. The predicted molar refractivity (Wildman–Crippen MR) is 207 cm³/mol. The molecule has 1 aromatic carbocycles. The third-order valence-corrected chi connectivity index (χ3v) is 12.7. The first-order valence-electron chi connectivity index (χ1n) is 19.5. The van der Waals surface area contributed by atoms with Gasteiger partial charge in [-0.1, -0.05) is 17.3 Å². The van der Waals surface area contributed by atoms with Gasteiger partial charge in [0, 0.05) is 61.4 Å². The van der Waals surface area contributed by atoms with E-state index in [9.17, 15) is 20.1 Å². The summed E-state index contributed by atoms with van der Waals surface area (Å²) in [7, 11) is 0. The Labute approximate surface area is 324 Å². The van der Waals surface area contributed by atoms with Crippen molar-refractivity contribution in [3.05, 3.63) is 78.0 Å². The molecule has 2 bridgehead atoms. The lowest BCUT2D eigenvalue weighted by Crippen LogP contribution is -2.47. The molecule has 0 radical (unpaired) electrons. The molecule has 2 saturated carbocycles. The van der Waals surface area contributed by atoms with Gasteiger partial charge in [0.05, 0.1) is 47.5 Å². The van der Waals surface area contributed by atoms with Crippen molar-refractivity contribution in [2.45, 2.75) is 75.7 Å². The highest BCUT2D eigenvalue weighted by Gasteiger charge is 2.55. The van der Waals surface area contributed by atoms with Gasteiger partial charge < -0.3 is 10.2 Å². The van der Waals surface area contributed by atoms with Crippen LogP contribution in [0, 0.1) is 28.1 Å². The lowest BCUT2D eigenvalue weighted by atomic mass is 9.79. The van der Waals surface area contributed by atoms with E-state index in [1.165, 1.54) is 31.1 Å². The molecule has 2 saturated heterocycles. The summed E-state index contributed by atoms with van der Waals surface area (Å²) in [5.74, 6) is -0.114. The third kappa shape index (κ3) is 6.51. The number of imide groups is 1. The molecule has 15 heteroatoms. The molecular formula is C41H43N13O2. The molecule has 4 aliphatic rings. The van der Waals surface area contributed by atoms with Gasteiger partial charge in [-0.2, -0.15) is 20.3 Å². The van der Waals surface area contributed by atoms with Crippen molar-refractivity contribution in [3.8, 4) is 23.6 Å². The minimum atomic E-state index is -0.470. The van der Waals surface area contributed by atoms with Crippen LogP contribution in [0.25, 0.3) is 22.5 Å². The Morgan fingerprint density at radius 2 is 1.80 bits per heavy atom. The lowest BCUT2D eigenvalue weighted by Gasteiger charge is -2.38. The van der Waals surface area contributed by atoms with Crippen molar-refractivity contribution < 1.29 is 9.59 Å². The van der Waals surface area contributed by atoms with E-state index in [4.69, 9.17) is 10.1 Å². The van der Waals surface area contributed by atoms with Crippen molar-refractivity contribution in [1.82, 2.24) is 45.0 Å². The molecule has 2 aliphatic carbocycles. The molecule has 56 heavy (non-hydrogen) atoms. The zero-order chi connectivity index (χ0) is 38.4. The van der Waals surface area contributed by atoms with Gasteiger partial charge >= 0.3 is 0 Å². The number of hydrogen-bond acceptors (Lipinski definition) is 12. The molecule has 284 valence electrons. The van der Waals surface area contributed by atoms with E-state index >= 15 is 0 Å². The Hall–Kier alpha value is -6.19. The quantitative estimate of drug-likeness (QED) is 0.190. The summed E-state index contributed by atoms with van der Waals surface area (Å²) in [6, 6.07) is 15.8. The summed E-state index contributed by atoms with van der Waals surface area (Å²) in [6.45, 7) is 6.87. The maximum Gasteiger partial charge on any atom is 0.234 e. The van der Waals surface area contributed by atoms with Crippen LogP contribution in [-0.4, -0.2) is 90.2 Å². The number of hydrogen-bond donors (Lipinski definition) is 2. The average molecular weight is 750 g/mol. The van der Waals surface area contributed by atoms with Crippen LogP contribution in [0.15, 0.2) is 61.2 Å². The van der Waals surface area contributed by atoms with Crippen LogP contribution in [0.2, 0.25) is 0 Å². The summed E-state index contributed by atoms with van der Waals surface area (Å²) in [6.07, 6.45) is 14.8. The van der Waals surface area contributed by atoms with Crippen molar-refractivity contribution in [1.29, 1.82) is 10.5 Å². The number of piperazine rings is 1. The van der Waals surface area contributed by atoms with E-state index in [1.54, 1.807) is 34.7 Å². The number of carbonyl (C=O) groups is 2. The van der Waals surface area contributed by atoms with Gasteiger partial charge in [-0.15, -0.1) is 5.10 Å². The van der Waals surface area contributed by atoms with Crippen LogP contribution >= 0.6 is 0 Å². The Balaban J connectivity index is 0.838. The van der Waals surface area contributed by atoms with Gasteiger partial charge in [0.2, 0.25) is 11.8 Å². The summed E-state index contributed by atoms with van der Waals surface area (Å²) in [5.41, 5.74) is 5.90. The minimum absolute atomic E-state index is 0.0137. The number of fused-ring (bicyclic) bond motifs is 3. The number of carbonyl (C=O) groups excluding carboxylic acids is 2. The van der Waals surface area contributed by atoms with Crippen molar-refractivity contribution >= 4 is 34.2 Å². The minimum Gasteiger partial charge on any atom is -0.369 e. The maximum absolute atomic E-state index is 12.3. The van der Waals surface area contributed by atoms with Crippen molar-refractivity contribution in [2.24, 2.45) is 5.41 Å². The second-order valence-corrected chi connectivity index (χ2v) is 16.0. The normalized spacial score (nSPS) is 24.2. The van der Waals surface area contributed by atoms with Gasteiger partial charge in [0.25, 0.3) is 0 Å². The van der Waals surface area contributed by atoms with Crippen molar-refractivity contribution in [2.75, 3.05) is 42.9 Å². The summed E-state index contributed by atoms with van der Waals surface area (Å²) >= 11 is 0. The Kier molecular flexibility index (Phi) is 8.97. The fourth-order valence-corrected chi connectivity index (χ4v) is 9.46. The maximum atomic E-state index is 12.3. The van der Waals surface area contributed by atoms with E-state index in [0.29, 0.717) is 46.7 Å². The largest absolute Gasteiger partial charge is 0.369 e. The number of nitriles is 2. The lowest BCUT2D eigenvalue weighted by molar-refractivity contribution is -0.134. The van der Waals surface area contributed by atoms with E-state index in [-0.39, 0.29) is 23.1 Å². The second-order valence-electron chi connectivity index (χ2n) is 16.0. The second kappa shape index (κ2) is 14.1. The molecule has 2 amide bonds. The van der Waals surface area contributed by atoms with Crippen LogP contribution in [-0.2, 0) is 15.0 Å². The van der Waals surface area contributed by atoms with Crippen LogP contribution < -0.4 is 15.5 Å². The summed E-state index contributed by atoms with van der Waals surface area (Å²) in [4.78, 5) is 38.1. The Bertz CT molecular complexity index is 2390. The molecule has 2 unspecified atom stereocenters. The number of rotatable bonds is 10. The molecule has 4 fully saturated rings. The summed E-state index contributed by atoms with van der Waals surface area (Å²) in [5, 5.41) is 39.3. The topological polar surface area (TPSA) is 187 Å². The molecule has 2 aliphatic heterocycles. The molecule has 2 atom stereocenters. The standard InChI is InChI=1S/C41H43N13O2/c1-27(20-42)47-33-19-36(54-38-30(23-46-54)18-28(21-43)22-45-38)44-24-34(33)53-25-35(49-50-53)41-10-8-40(26-41,9-11-41)12-13-51-14-16-52(17-15-51)31-4-2-29(3-5-31)32-6-7-37(55)48-39(32)56/h2-5,18-19,22-25,27,32H,6-17,26H2,1H3,(H,44,47)(H,48,55,56). The first-order chi connectivity index (χ1) is 27.2. The van der Waals surface area contributed by atoms with E-state index < -0.39 is 6.04 Å². The molecule has 4 aromatic heterocycles. The Morgan fingerprint density at radius 1 is 1.00 bits per heavy atom. The molecule has 5 aromatic rings. The SMILES string of the molecule is CC(C#N)Nc1cc(-n2ncc3cc(C#N)cnc32)ncc1-n1cc(C23CCC(CCN4CCN(c5ccc(C6CCC(=O)NC6=O)cc5)CC4)(CC2)C3)nn1. The summed E-state index contributed by atoms with van der Waals surface area (Å²) < 4.78 is 3.39. The monoisotopic (exact) mass is 749 g/mol. The van der Waals surface area contributed by atoms with E-state index in [2.05, 4.69) is 60.0 Å². The van der Waals surface area contributed by atoms with Gasteiger partial charge in [-0.3, -0.25) is 19.8 Å². The third-order valence-electron chi connectivity index (χ3n) is 12.7. The van der Waals surface area contributed by atoms with Crippen LogP contribution in [0.5, 0.6) is 0 Å². The highest BCUT2D eigenvalue weighted by atomic mass is 16.2. The van der Waals surface area contributed by atoms with E-state index in [1.807, 2.05) is 24.4 Å². The number of aromatic nitrogens is 7. The fraction of sp³-hybridized carbons (Fsp3) is 0.439. The highest BCUT2D eigenvalue weighted by molar-refractivity contribution is 6.01. The number of benzene rings is 1. The van der Waals surface area contributed by atoms with Crippen LogP contribution in [0.3, 0.4) is 0 Å². The molecule has 2 N–H and O–H groups in total. The number of piperidine rings is 1. The molecule has 15 nitrogen and oxygen atoms in total. The van der Waals surface area contributed by atoms with Gasteiger partial charge in [0.15, 0.2) is 11.5 Å². The van der Waals surface area contributed by atoms with Crippen molar-refractivity contribution in [3.63, 3.8) is 0 Å². The predicted octanol–water partition coefficient (Wildman–Crippen LogP) is 4.53. The van der Waals surface area contributed by atoms with E-state index in [0.717, 1.165) is 68.6 Å². The number of pyridine rings is 2. The molecule has 0 spiro atoms. The van der Waals surface area contributed by atoms with Gasteiger partial charge in [0.1, 0.15) is 17.8 Å². The zero-order valence-corrected chi connectivity index (χ0v) is 31.4. The first kappa shape index (κ1) is 35.5. The molecular weight excluding hydrogens is 707 g/mol. The number of nitrogens with one attached hydrogen (secondary N) is 2. The molecule has 6 heterocycles. The fourth-order valence-electron chi connectivity index (χ4n) is 9.46. The van der Waals surface area contributed by atoms with Crippen LogP contribution in [0.4, 0.5) is 11.4 Å². The molecule has 9 rings (SSSR count). The zero-order valence-electron chi connectivity index (χ0n) is 31.4. The average Bonchev–Trinajstić information content (AvgIpc) is 4.04. The number of anilines is 2. The number of nitrogens with zero attached hydrogens (tertiary/aromatic N) is 11. The van der Waals surface area contributed by atoms with Gasteiger partial charge in [-0.05, 0) is 87.6 Å². The highest BCUT2D eigenvalue weighted by Crippen LogP contribution is 2.63. The van der Waals surface area contributed by atoms with Crippen LogP contribution in [0.1, 0.15) is 81.0 Å².